The second-order valence-corrected chi connectivity index (χ2v) is 6.58. The van der Waals surface area contributed by atoms with E-state index in [0.29, 0.717) is 17.0 Å². The summed E-state index contributed by atoms with van der Waals surface area (Å²) in [7, 11) is 1.43. The maximum Gasteiger partial charge on any atom is 0.271 e. The number of nitrogens with zero attached hydrogens (tertiary/aromatic N) is 1. The van der Waals surface area contributed by atoms with Gasteiger partial charge in [0.15, 0.2) is 5.11 Å². The van der Waals surface area contributed by atoms with Crippen molar-refractivity contribution in [1.29, 1.82) is 0 Å². The zero-order valence-corrected chi connectivity index (χ0v) is 16.3. The Bertz CT molecular complexity index is 857. The molecule has 0 saturated heterocycles. The van der Waals surface area contributed by atoms with Crippen molar-refractivity contribution in [2.75, 3.05) is 12.4 Å². The van der Waals surface area contributed by atoms with Crippen LogP contribution in [0.4, 0.5) is 11.4 Å². The standard InChI is InChI=1S/C16H14IN3O4S/c1-9-3-4-10(7-12(9)17)15(21)19-16(25)18-13-8-11(20(22)23)5-6-14(13)24-2/h3-8H,1-2H3,(H2,18,19,21,25). The molecule has 0 aromatic heterocycles. The lowest BCUT2D eigenvalue weighted by Crippen LogP contribution is -2.34. The molecule has 0 atom stereocenters. The van der Waals surface area contributed by atoms with Crippen LogP contribution < -0.4 is 15.4 Å². The van der Waals surface area contributed by atoms with E-state index in [1.54, 1.807) is 12.1 Å². The summed E-state index contributed by atoms with van der Waals surface area (Å²) in [4.78, 5) is 22.6. The third-order valence-corrected chi connectivity index (χ3v) is 4.67. The van der Waals surface area contributed by atoms with Gasteiger partial charge in [0, 0.05) is 21.3 Å². The highest BCUT2D eigenvalue weighted by atomic mass is 127. The Kier molecular flexibility index (Phi) is 6.26. The van der Waals surface area contributed by atoms with Crippen molar-refractivity contribution in [3.63, 3.8) is 0 Å². The molecule has 0 unspecified atom stereocenters. The molecule has 130 valence electrons. The monoisotopic (exact) mass is 471 g/mol. The molecule has 1 amide bonds. The maximum atomic E-state index is 12.3. The van der Waals surface area contributed by atoms with Gasteiger partial charge in [-0.25, -0.2) is 0 Å². The molecule has 0 heterocycles. The molecule has 0 aliphatic heterocycles. The fourth-order valence-corrected chi connectivity index (χ4v) is 2.69. The number of benzene rings is 2. The Morgan fingerprint density at radius 2 is 2.00 bits per heavy atom. The molecule has 2 aromatic rings. The number of nitro groups is 1. The normalized spacial score (nSPS) is 10.0. The summed E-state index contributed by atoms with van der Waals surface area (Å²) in [6.45, 7) is 1.95. The molecule has 2 aromatic carbocycles. The van der Waals surface area contributed by atoms with Crippen molar-refractivity contribution in [2.24, 2.45) is 0 Å². The van der Waals surface area contributed by atoms with E-state index in [4.69, 9.17) is 17.0 Å². The van der Waals surface area contributed by atoms with Crippen LogP contribution in [0, 0.1) is 20.6 Å². The Balaban J connectivity index is 2.14. The minimum absolute atomic E-state index is 0.0133. The average Bonchev–Trinajstić information content (AvgIpc) is 2.56. The number of nitro benzene ring substituents is 1. The lowest BCUT2D eigenvalue weighted by Gasteiger charge is -2.13. The molecule has 2 rings (SSSR count). The Labute approximate surface area is 163 Å². The van der Waals surface area contributed by atoms with Crippen LogP contribution in [0.5, 0.6) is 5.75 Å². The highest BCUT2D eigenvalue weighted by molar-refractivity contribution is 14.1. The minimum atomic E-state index is -0.527. The van der Waals surface area contributed by atoms with E-state index >= 15 is 0 Å². The van der Waals surface area contributed by atoms with Gasteiger partial charge in [-0.15, -0.1) is 0 Å². The summed E-state index contributed by atoms with van der Waals surface area (Å²) in [6, 6.07) is 9.35. The highest BCUT2D eigenvalue weighted by Gasteiger charge is 2.14. The highest BCUT2D eigenvalue weighted by Crippen LogP contribution is 2.28. The van der Waals surface area contributed by atoms with Gasteiger partial charge in [0.2, 0.25) is 0 Å². The number of thiocarbonyl (C=S) groups is 1. The van der Waals surface area contributed by atoms with Crippen LogP contribution >= 0.6 is 34.8 Å². The van der Waals surface area contributed by atoms with Gasteiger partial charge in [-0.1, -0.05) is 6.07 Å². The van der Waals surface area contributed by atoms with E-state index in [2.05, 4.69) is 33.2 Å². The largest absolute Gasteiger partial charge is 0.495 e. The lowest BCUT2D eigenvalue weighted by atomic mass is 10.1. The van der Waals surface area contributed by atoms with Crippen molar-refractivity contribution in [2.45, 2.75) is 6.92 Å². The Hall–Kier alpha value is -2.27. The van der Waals surface area contributed by atoms with Crippen molar-refractivity contribution >= 4 is 57.2 Å². The number of halogens is 1. The summed E-state index contributed by atoms with van der Waals surface area (Å²) in [6.07, 6.45) is 0. The molecule has 0 saturated carbocycles. The third kappa shape index (κ3) is 4.86. The average molecular weight is 471 g/mol. The number of hydrogen-bond donors (Lipinski definition) is 2. The molecule has 7 nitrogen and oxygen atoms in total. The molecule has 0 aliphatic rings. The molecule has 2 N–H and O–H groups in total. The van der Waals surface area contributed by atoms with E-state index in [-0.39, 0.29) is 16.7 Å². The zero-order chi connectivity index (χ0) is 18.6. The molecular formula is C16H14IN3O4S. The SMILES string of the molecule is COc1ccc([N+](=O)[O-])cc1NC(=S)NC(=O)c1ccc(C)c(I)c1. The van der Waals surface area contributed by atoms with Gasteiger partial charge in [-0.2, -0.15) is 0 Å². The summed E-state index contributed by atoms with van der Waals surface area (Å²) in [5.74, 6) is -0.00750. The van der Waals surface area contributed by atoms with Gasteiger partial charge in [0.25, 0.3) is 11.6 Å². The Morgan fingerprint density at radius 1 is 1.28 bits per heavy atom. The Morgan fingerprint density at radius 3 is 2.60 bits per heavy atom. The predicted molar refractivity (Wildman–Crippen MR) is 107 cm³/mol. The van der Waals surface area contributed by atoms with E-state index in [1.807, 2.05) is 13.0 Å². The molecule has 25 heavy (non-hydrogen) atoms. The first kappa shape index (κ1) is 19.1. The van der Waals surface area contributed by atoms with Crippen molar-refractivity contribution < 1.29 is 14.5 Å². The topological polar surface area (TPSA) is 93.5 Å². The number of non-ortho nitro benzene ring substituents is 1. The van der Waals surface area contributed by atoms with Crippen molar-refractivity contribution in [3.8, 4) is 5.75 Å². The summed E-state index contributed by atoms with van der Waals surface area (Å²) < 4.78 is 6.10. The van der Waals surface area contributed by atoms with Gasteiger partial charge in [-0.3, -0.25) is 20.2 Å². The molecule has 0 radical (unpaired) electrons. The molecule has 0 spiro atoms. The van der Waals surface area contributed by atoms with Crippen LogP contribution in [0.2, 0.25) is 0 Å². The summed E-state index contributed by atoms with van der Waals surface area (Å²) >= 11 is 7.26. The minimum Gasteiger partial charge on any atom is -0.495 e. The second-order valence-electron chi connectivity index (χ2n) is 5.01. The molecule has 0 bridgehead atoms. The van der Waals surface area contributed by atoms with Crippen LogP contribution in [0.25, 0.3) is 0 Å². The van der Waals surface area contributed by atoms with Crippen LogP contribution in [0.3, 0.4) is 0 Å². The number of methoxy groups -OCH3 is 1. The first-order valence-electron chi connectivity index (χ1n) is 7.02. The molecule has 9 heteroatoms. The number of carbonyl (C=O) groups excluding carboxylic acids is 1. The van der Waals surface area contributed by atoms with E-state index < -0.39 is 4.92 Å². The fraction of sp³-hybridized carbons (Fsp3) is 0.125. The smallest absolute Gasteiger partial charge is 0.271 e. The summed E-state index contributed by atoms with van der Waals surface area (Å²) in [5.41, 5.74) is 1.70. The van der Waals surface area contributed by atoms with Crippen LogP contribution in [-0.4, -0.2) is 23.1 Å². The number of anilines is 1. The zero-order valence-electron chi connectivity index (χ0n) is 13.3. The maximum absolute atomic E-state index is 12.3. The number of hydrogen-bond acceptors (Lipinski definition) is 5. The van der Waals surface area contributed by atoms with E-state index in [1.165, 1.54) is 25.3 Å². The molecule has 0 fully saturated rings. The van der Waals surface area contributed by atoms with Gasteiger partial charge in [-0.05, 0) is 65.5 Å². The van der Waals surface area contributed by atoms with Gasteiger partial charge >= 0.3 is 0 Å². The second kappa shape index (κ2) is 8.21. The third-order valence-electron chi connectivity index (χ3n) is 3.30. The van der Waals surface area contributed by atoms with E-state index in [0.717, 1.165) is 9.13 Å². The van der Waals surface area contributed by atoms with Gasteiger partial charge in [0.1, 0.15) is 5.75 Å². The lowest BCUT2D eigenvalue weighted by molar-refractivity contribution is -0.384. The van der Waals surface area contributed by atoms with Crippen LogP contribution in [0.15, 0.2) is 36.4 Å². The quantitative estimate of drug-likeness (QED) is 0.306. The molecule has 0 aliphatic carbocycles. The number of ether oxygens (including phenoxy) is 1. The molecular weight excluding hydrogens is 457 g/mol. The number of carbonyl (C=O) groups is 1. The fourth-order valence-electron chi connectivity index (χ4n) is 1.97. The van der Waals surface area contributed by atoms with Gasteiger partial charge < -0.3 is 10.1 Å². The first-order chi connectivity index (χ1) is 11.8. The van der Waals surface area contributed by atoms with E-state index in [9.17, 15) is 14.9 Å². The number of rotatable bonds is 4. The first-order valence-corrected chi connectivity index (χ1v) is 8.51. The van der Waals surface area contributed by atoms with Crippen molar-refractivity contribution in [3.05, 3.63) is 61.2 Å². The predicted octanol–water partition coefficient (Wildman–Crippen LogP) is 3.64. The number of nitrogens with one attached hydrogen (secondary N) is 2. The number of aryl methyl sites for hydroxylation is 1. The summed E-state index contributed by atoms with van der Waals surface area (Å²) in [5, 5.41) is 16.2. The van der Waals surface area contributed by atoms with Crippen molar-refractivity contribution in [1.82, 2.24) is 5.32 Å². The van der Waals surface area contributed by atoms with Crippen LogP contribution in [-0.2, 0) is 0 Å². The van der Waals surface area contributed by atoms with Gasteiger partial charge in [0.05, 0.1) is 17.7 Å². The van der Waals surface area contributed by atoms with Crippen LogP contribution in [0.1, 0.15) is 15.9 Å². The number of amides is 1.